The number of halogens is 6. The number of hydrogen-bond donors (Lipinski definition) is 1. The van der Waals surface area contributed by atoms with E-state index in [0.29, 0.717) is 16.3 Å². The minimum Gasteiger partial charge on any atom is -0.374 e. The van der Waals surface area contributed by atoms with Crippen molar-refractivity contribution in [3.8, 4) is 0 Å². The number of aromatic nitrogens is 1. The number of alkyl halides is 3. The lowest BCUT2D eigenvalue weighted by atomic mass is 9.85. The number of pyridine rings is 1. The first-order valence-electron chi connectivity index (χ1n) is 8.69. The van der Waals surface area contributed by atoms with Gasteiger partial charge in [0.15, 0.2) is 5.82 Å². The number of hydrogen-bond acceptors (Lipinski definition) is 4. The van der Waals surface area contributed by atoms with Crippen LogP contribution in [0.2, 0.25) is 10.0 Å². The van der Waals surface area contributed by atoms with Crippen LogP contribution in [0.15, 0.2) is 47.9 Å². The second-order valence-corrected chi connectivity index (χ2v) is 7.65. The molecule has 1 amide bonds. The molecule has 1 atom stereocenters. The lowest BCUT2D eigenvalue weighted by Gasteiger charge is -2.29. The van der Waals surface area contributed by atoms with Gasteiger partial charge in [0.2, 0.25) is 5.91 Å². The molecule has 2 aromatic carbocycles. The summed E-state index contributed by atoms with van der Waals surface area (Å²) >= 11 is 11.4. The molecule has 0 bridgehead atoms. The summed E-state index contributed by atoms with van der Waals surface area (Å²) in [7, 11) is 0. The zero-order chi connectivity index (χ0) is 22.6. The van der Waals surface area contributed by atoms with E-state index in [9.17, 15) is 22.4 Å². The van der Waals surface area contributed by atoms with E-state index < -0.39 is 45.5 Å². The highest BCUT2D eigenvalue weighted by molar-refractivity contribution is 6.35. The van der Waals surface area contributed by atoms with E-state index in [4.69, 9.17) is 33.8 Å². The number of oxime groups is 1. The lowest BCUT2D eigenvalue weighted by Crippen LogP contribution is -2.42. The maximum Gasteiger partial charge on any atom is 0.435 e. The average Bonchev–Trinajstić information content (AvgIpc) is 3.17. The molecule has 11 heteroatoms. The number of nitrogens with two attached hydrogens (primary N) is 1. The van der Waals surface area contributed by atoms with Crippen molar-refractivity contribution in [3.63, 3.8) is 0 Å². The summed E-state index contributed by atoms with van der Waals surface area (Å²) in [5.74, 6) is -1.75. The van der Waals surface area contributed by atoms with Crippen molar-refractivity contribution in [2.45, 2.75) is 18.2 Å². The van der Waals surface area contributed by atoms with E-state index in [1.54, 1.807) is 0 Å². The van der Waals surface area contributed by atoms with Gasteiger partial charge in [-0.2, -0.15) is 13.2 Å². The third-order valence-corrected chi connectivity index (χ3v) is 5.58. The van der Waals surface area contributed by atoms with Crippen molar-refractivity contribution in [3.05, 3.63) is 75.3 Å². The van der Waals surface area contributed by atoms with Crippen LogP contribution in [0.25, 0.3) is 10.8 Å². The summed E-state index contributed by atoms with van der Waals surface area (Å²) in [6, 6.07) is 5.96. The van der Waals surface area contributed by atoms with Gasteiger partial charge < -0.3 is 10.6 Å². The number of carbonyl (C=O) groups is 1. The van der Waals surface area contributed by atoms with Crippen LogP contribution in [0.4, 0.5) is 17.6 Å². The Morgan fingerprint density at radius 2 is 1.81 bits per heavy atom. The molecule has 0 saturated carbocycles. The van der Waals surface area contributed by atoms with Gasteiger partial charge in [0.05, 0.1) is 15.8 Å². The predicted molar refractivity (Wildman–Crippen MR) is 107 cm³/mol. The normalized spacial score (nSPS) is 18.7. The topological polar surface area (TPSA) is 77.6 Å². The molecule has 2 N–H and O–H groups in total. The fraction of sp³-hybridized carbons (Fsp3) is 0.150. The van der Waals surface area contributed by atoms with Crippen molar-refractivity contribution in [1.82, 2.24) is 4.98 Å². The van der Waals surface area contributed by atoms with Gasteiger partial charge in [-0.05, 0) is 29.7 Å². The van der Waals surface area contributed by atoms with Crippen LogP contribution in [0, 0.1) is 5.82 Å². The van der Waals surface area contributed by atoms with Crippen molar-refractivity contribution in [1.29, 1.82) is 0 Å². The third kappa shape index (κ3) is 3.37. The average molecular weight is 472 g/mol. The quantitative estimate of drug-likeness (QED) is 0.412. The molecular weight excluding hydrogens is 461 g/mol. The van der Waals surface area contributed by atoms with Crippen LogP contribution in [0.3, 0.4) is 0 Å². The molecular formula is C20H11Cl2F4N3O2. The first kappa shape index (κ1) is 21.3. The summed E-state index contributed by atoms with van der Waals surface area (Å²) in [6.07, 6.45) is -2.87. The maximum absolute atomic E-state index is 14.2. The highest BCUT2D eigenvalue weighted by atomic mass is 35.5. The maximum atomic E-state index is 14.2. The van der Waals surface area contributed by atoms with E-state index >= 15 is 0 Å². The summed E-state index contributed by atoms with van der Waals surface area (Å²) in [4.78, 5) is 20.6. The minimum atomic E-state index is -4.94. The third-order valence-electron chi connectivity index (χ3n) is 5.03. The number of fused-ring (bicyclic) bond motifs is 1. The summed E-state index contributed by atoms with van der Waals surface area (Å²) in [6.45, 7) is 0. The van der Waals surface area contributed by atoms with Crippen LogP contribution in [-0.4, -0.2) is 22.8 Å². The Morgan fingerprint density at radius 1 is 1.13 bits per heavy atom. The van der Waals surface area contributed by atoms with Crippen LogP contribution in [0.1, 0.15) is 27.9 Å². The van der Waals surface area contributed by atoms with E-state index in [2.05, 4.69) is 10.1 Å². The summed E-state index contributed by atoms with van der Waals surface area (Å²) in [5, 5.41) is 3.31. The summed E-state index contributed by atoms with van der Waals surface area (Å²) < 4.78 is 56.3. The molecule has 1 unspecified atom stereocenters. The lowest BCUT2D eigenvalue weighted by molar-refractivity contribution is -0.275. The monoisotopic (exact) mass is 471 g/mol. The molecule has 0 spiro atoms. The Bertz CT molecular complexity index is 1240. The largest absolute Gasteiger partial charge is 0.435 e. The van der Waals surface area contributed by atoms with Gasteiger partial charge in [0, 0.05) is 40.9 Å². The number of rotatable bonds is 3. The molecule has 31 heavy (non-hydrogen) atoms. The van der Waals surface area contributed by atoms with E-state index in [1.807, 2.05) is 0 Å². The van der Waals surface area contributed by atoms with Crippen LogP contribution in [0.5, 0.6) is 0 Å². The number of primary amides is 1. The highest BCUT2D eigenvalue weighted by Gasteiger charge is 2.62. The first-order valence-corrected chi connectivity index (χ1v) is 9.44. The van der Waals surface area contributed by atoms with Crippen LogP contribution >= 0.6 is 23.2 Å². The fourth-order valence-electron chi connectivity index (χ4n) is 3.49. The molecule has 0 radical (unpaired) electrons. The molecule has 5 nitrogen and oxygen atoms in total. The Morgan fingerprint density at radius 3 is 2.42 bits per heavy atom. The van der Waals surface area contributed by atoms with Gasteiger partial charge in [0.25, 0.3) is 5.60 Å². The number of benzene rings is 2. The van der Waals surface area contributed by atoms with Gasteiger partial charge in [-0.1, -0.05) is 34.4 Å². The van der Waals surface area contributed by atoms with Gasteiger partial charge >= 0.3 is 6.18 Å². The molecule has 160 valence electrons. The minimum absolute atomic E-state index is 0.0406. The van der Waals surface area contributed by atoms with Gasteiger partial charge in [-0.3, -0.25) is 9.78 Å². The predicted octanol–water partition coefficient (Wildman–Crippen LogP) is 5.36. The Kier molecular flexibility index (Phi) is 5.06. The number of carbonyl (C=O) groups excluding carboxylic acids is 1. The van der Waals surface area contributed by atoms with Crippen LogP contribution in [-0.2, 0) is 10.4 Å². The standard InChI is InChI=1S/C20H11Cl2F4N3O2/c21-14-5-9(6-15(22)17(14)23)19(20(24,25)26)7-16(29-31-19)11-1-2-12(18(27)30)13-8-28-4-3-10(11)13/h1-6,8H,7H2,(H2,27,30). The molecule has 0 saturated heterocycles. The van der Waals surface area contributed by atoms with Crippen molar-refractivity contribution >= 4 is 45.6 Å². The molecule has 4 rings (SSSR count). The molecule has 0 aliphatic carbocycles. The molecule has 1 aliphatic heterocycles. The van der Waals surface area contributed by atoms with Gasteiger partial charge in [0.1, 0.15) is 0 Å². The SMILES string of the molecule is NC(=O)c1ccc(C2=NOC(c3cc(Cl)c(F)c(Cl)c3)(C(F)(F)F)C2)c2ccncc12. The van der Waals surface area contributed by atoms with E-state index in [-0.39, 0.29) is 11.3 Å². The Balaban J connectivity index is 1.85. The van der Waals surface area contributed by atoms with Crippen molar-refractivity contribution in [2.24, 2.45) is 10.9 Å². The van der Waals surface area contributed by atoms with Crippen molar-refractivity contribution < 1.29 is 27.2 Å². The van der Waals surface area contributed by atoms with Gasteiger partial charge in [-0.25, -0.2) is 4.39 Å². The zero-order valence-corrected chi connectivity index (χ0v) is 16.8. The molecule has 1 aliphatic rings. The van der Waals surface area contributed by atoms with Crippen molar-refractivity contribution in [2.75, 3.05) is 0 Å². The smallest absolute Gasteiger partial charge is 0.374 e. The summed E-state index contributed by atoms with van der Waals surface area (Å²) in [5.41, 5.74) is 2.37. The zero-order valence-electron chi connectivity index (χ0n) is 15.3. The molecule has 1 aromatic heterocycles. The van der Waals surface area contributed by atoms with E-state index in [1.165, 1.54) is 30.6 Å². The second-order valence-electron chi connectivity index (χ2n) is 6.83. The van der Waals surface area contributed by atoms with Crippen LogP contribution < -0.4 is 5.73 Å². The van der Waals surface area contributed by atoms with Gasteiger partial charge in [-0.15, -0.1) is 0 Å². The Labute approximate surface area is 182 Å². The molecule has 3 aromatic rings. The molecule has 2 heterocycles. The first-order chi connectivity index (χ1) is 14.5. The van der Waals surface area contributed by atoms with E-state index in [0.717, 1.165) is 12.1 Å². The fourth-order valence-corrected chi connectivity index (χ4v) is 3.98. The highest BCUT2D eigenvalue weighted by Crippen LogP contribution is 2.50. The number of amides is 1. The number of nitrogens with zero attached hydrogens (tertiary/aromatic N) is 2. The molecule has 0 fully saturated rings. The second kappa shape index (κ2) is 7.35. The Hall–Kier alpha value is -2.91.